The summed E-state index contributed by atoms with van der Waals surface area (Å²) in [6, 6.07) is 23.9. The van der Waals surface area contributed by atoms with E-state index in [1.807, 2.05) is 61.5 Å². The Morgan fingerprint density at radius 3 is 2.56 bits per heavy atom. The SMILES string of the molecule is C=CCOC12Oc3ccc(OCCN4CC4)cc3C3C(CCCCO)C(CCCCO)C=C(C(=NOCc4ccccc4)CC1N(CCC)S(=O)(=O)c1cccc4cccnc14)C32. The van der Waals surface area contributed by atoms with Gasteiger partial charge in [0.15, 0.2) is 0 Å². The first-order chi connectivity index (χ1) is 30.8. The highest BCUT2D eigenvalue weighted by atomic mass is 32.2. The van der Waals surface area contributed by atoms with Crippen LogP contribution in [0.25, 0.3) is 10.9 Å². The van der Waals surface area contributed by atoms with Crippen molar-refractivity contribution >= 4 is 26.6 Å². The predicted molar refractivity (Wildman–Crippen MR) is 244 cm³/mol. The summed E-state index contributed by atoms with van der Waals surface area (Å²) in [6.07, 6.45) is 10.9. The predicted octanol–water partition coefficient (Wildman–Crippen LogP) is 7.86. The lowest BCUT2D eigenvalue weighted by Gasteiger charge is -2.59. The number of rotatable bonds is 23. The number of hydrogen-bond acceptors (Lipinski definition) is 11. The van der Waals surface area contributed by atoms with Gasteiger partial charge in [0.2, 0.25) is 15.8 Å². The third-order valence-electron chi connectivity index (χ3n) is 13.1. The van der Waals surface area contributed by atoms with Gasteiger partial charge in [0.1, 0.15) is 29.6 Å². The molecule has 2 fully saturated rings. The molecule has 8 rings (SSSR count). The minimum absolute atomic E-state index is 0.0370. The number of oxime groups is 1. The van der Waals surface area contributed by atoms with Crippen molar-refractivity contribution in [3.63, 3.8) is 0 Å². The average molecular weight is 879 g/mol. The van der Waals surface area contributed by atoms with E-state index >= 15 is 8.42 Å². The molecular weight excluding hydrogens is 817 g/mol. The standard InChI is InChI=1S/C50H62N4O8S/c1-3-24-54(63(57,58)45-20-12-17-37-18-13-23-51-49(37)45)46-34-43(52-61-35-36-14-6-5-7-15-36)41-32-38(16-8-10-28-55)40(19-9-11-29-56)47-42-33-39(59-31-27-53-25-26-53)21-22-44(42)62-50(46,48(41)47)60-30-4-2/h4-7,12-15,17-18,20-23,32-33,38,40,46-48,55-56H,2-3,8-11,16,19,24-31,34-35H2,1H3. The molecule has 4 aromatic rings. The largest absolute Gasteiger partial charge is 0.492 e. The molecule has 2 aliphatic heterocycles. The van der Waals surface area contributed by atoms with Crippen LogP contribution in [-0.4, -0.2) is 103 Å². The topological polar surface area (TPSA) is 143 Å². The highest BCUT2D eigenvalue weighted by Gasteiger charge is 2.66. The summed E-state index contributed by atoms with van der Waals surface area (Å²) in [5.41, 5.74) is 3.89. The first-order valence-electron chi connectivity index (χ1n) is 22.8. The van der Waals surface area contributed by atoms with E-state index in [0.29, 0.717) is 42.8 Å². The van der Waals surface area contributed by atoms with E-state index in [2.05, 4.69) is 28.6 Å². The fourth-order valence-electron chi connectivity index (χ4n) is 10.1. The third kappa shape index (κ3) is 9.60. The smallest absolute Gasteiger partial charge is 0.245 e. The Labute approximate surface area is 372 Å². The average Bonchev–Trinajstić information content (AvgIpc) is 4.14. The number of ether oxygens (including phenoxy) is 3. The molecule has 0 radical (unpaired) electrons. The molecule has 0 spiro atoms. The van der Waals surface area contributed by atoms with Crippen molar-refractivity contribution in [1.29, 1.82) is 0 Å². The summed E-state index contributed by atoms with van der Waals surface area (Å²) in [7, 11) is -4.27. The lowest BCUT2D eigenvalue weighted by atomic mass is 9.55. The van der Waals surface area contributed by atoms with Crippen molar-refractivity contribution in [2.24, 2.45) is 22.9 Å². The number of aliphatic hydroxyl groups excluding tert-OH is 2. The van der Waals surface area contributed by atoms with Crippen LogP contribution in [0, 0.1) is 17.8 Å². The number of hydrogen-bond donors (Lipinski definition) is 2. The van der Waals surface area contributed by atoms with Gasteiger partial charge in [0, 0.05) is 68.9 Å². The maximum absolute atomic E-state index is 15.6. The molecule has 13 heteroatoms. The summed E-state index contributed by atoms with van der Waals surface area (Å²) in [6.45, 7) is 10.3. The molecule has 336 valence electrons. The molecule has 3 aromatic carbocycles. The normalized spacial score (nSPS) is 24.7. The zero-order valence-electron chi connectivity index (χ0n) is 36.4. The van der Waals surface area contributed by atoms with E-state index in [1.54, 1.807) is 34.8 Å². The van der Waals surface area contributed by atoms with Crippen LogP contribution in [-0.2, 0) is 26.2 Å². The number of para-hydroxylation sites is 1. The Bertz CT molecular complexity index is 2350. The Hall–Kier alpha value is -4.63. The molecule has 1 aromatic heterocycles. The molecule has 12 nitrogen and oxygen atoms in total. The molecule has 6 unspecified atom stereocenters. The van der Waals surface area contributed by atoms with Crippen molar-refractivity contribution in [2.75, 3.05) is 52.6 Å². The highest BCUT2D eigenvalue weighted by molar-refractivity contribution is 7.89. The fourth-order valence-corrected chi connectivity index (χ4v) is 12.0. The van der Waals surface area contributed by atoms with Crippen LogP contribution in [0.15, 0.2) is 119 Å². The Kier molecular flexibility index (Phi) is 14.6. The second-order valence-electron chi connectivity index (χ2n) is 17.2. The summed E-state index contributed by atoms with van der Waals surface area (Å²) in [4.78, 5) is 13.3. The zero-order valence-corrected chi connectivity index (χ0v) is 37.2. The number of allylic oxidation sites excluding steroid dienone is 1. The van der Waals surface area contributed by atoms with Crippen LogP contribution in [0.1, 0.15) is 75.3 Å². The lowest BCUT2D eigenvalue weighted by Crippen LogP contribution is -2.70. The van der Waals surface area contributed by atoms with Crippen molar-refractivity contribution in [3.8, 4) is 11.5 Å². The number of nitrogens with zero attached hydrogens (tertiary/aromatic N) is 4. The maximum Gasteiger partial charge on any atom is 0.245 e. The number of unbranched alkanes of at least 4 members (excludes halogenated alkanes) is 2. The number of sulfonamides is 1. The Morgan fingerprint density at radius 1 is 1.00 bits per heavy atom. The van der Waals surface area contributed by atoms with E-state index in [0.717, 1.165) is 73.2 Å². The van der Waals surface area contributed by atoms with E-state index in [4.69, 9.17) is 24.2 Å². The molecule has 0 amide bonds. The summed E-state index contributed by atoms with van der Waals surface area (Å²) in [5.74, 6) is -0.851. The number of aliphatic hydroxyl groups is 2. The molecule has 6 atom stereocenters. The summed E-state index contributed by atoms with van der Waals surface area (Å²) < 4.78 is 53.6. The molecule has 2 aliphatic carbocycles. The van der Waals surface area contributed by atoms with E-state index < -0.39 is 27.8 Å². The van der Waals surface area contributed by atoms with Gasteiger partial charge < -0.3 is 29.3 Å². The lowest BCUT2D eigenvalue weighted by molar-refractivity contribution is -0.251. The molecule has 2 N–H and O–H groups in total. The number of benzene rings is 3. The first-order valence-corrected chi connectivity index (χ1v) is 24.2. The van der Waals surface area contributed by atoms with Crippen molar-refractivity contribution in [3.05, 3.63) is 120 Å². The van der Waals surface area contributed by atoms with Crippen LogP contribution in [0.3, 0.4) is 0 Å². The van der Waals surface area contributed by atoms with Gasteiger partial charge >= 0.3 is 0 Å². The monoisotopic (exact) mass is 878 g/mol. The van der Waals surface area contributed by atoms with Crippen molar-refractivity contribution in [1.82, 2.24) is 14.2 Å². The third-order valence-corrected chi connectivity index (χ3v) is 15.0. The minimum atomic E-state index is -4.27. The zero-order chi connectivity index (χ0) is 43.8. The summed E-state index contributed by atoms with van der Waals surface area (Å²) >= 11 is 0. The summed E-state index contributed by atoms with van der Waals surface area (Å²) in [5, 5.41) is 25.6. The van der Waals surface area contributed by atoms with Crippen molar-refractivity contribution in [2.45, 2.75) is 87.5 Å². The van der Waals surface area contributed by atoms with Gasteiger partial charge in [-0.1, -0.05) is 85.6 Å². The quantitative estimate of drug-likeness (QED) is 0.0327. The Morgan fingerprint density at radius 2 is 1.79 bits per heavy atom. The Balaban J connectivity index is 1.34. The van der Waals surface area contributed by atoms with E-state index in [9.17, 15) is 10.2 Å². The van der Waals surface area contributed by atoms with E-state index in [1.165, 1.54) is 0 Å². The maximum atomic E-state index is 15.6. The second-order valence-corrected chi connectivity index (χ2v) is 19.0. The minimum Gasteiger partial charge on any atom is -0.492 e. The van der Waals surface area contributed by atoms with Crippen LogP contribution >= 0.6 is 0 Å². The van der Waals surface area contributed by atoms with Gasteiger partial charge in [-0.25, -0.2) is 8.42 Å². The highest BCUT2D eigenvalue weighted by Crippen LogP contribution is 2.62. The molecule has 0 bridgehead atoms. The fraction of sp³-hybridized carbons (Fsp3) is 0.480. The molecule has 63 heavy (non-hydrogen) atoms. The first kappa shape index (κ1) is 45.0. The van der Waals surface area contributed by atoms with Crippen LogP contribution in [0.4, 0.5) is 0 Å². The second kappa shape index (κ2) is 20.5. The van der Waals surface area contributed by atoms with Gasteiger partial charge in [-0.3, -0.25) is 9.88 Å². The van der Waals surface area contributed by atoms with Gasteiger partial charge in [0.05, 0.1) is 29.8 Å². The molecule has 4 aliphatic rings. The van der Waals surface area contributed by atoms with E-state index in [-0.39, 0.29) is 62.0 Å². The van der Waals surface area contributed by atoms with Gasteiger partial charge in [-0.15, -0.1) is 6.58 Å². The number of pyridine rings is 1. The van der Waals surface area contributed by atoms with Gasteiger partial charge in [0.25, 0.3) is 0 Å². The van der Waals surface area contributed by atoms with Crippen LogP contribution in [0.2, 0.25) is 0 Å². The van der Waals surface area contributed by atoms with Gasteiger partial charge in [-0.05, 0) is 85.4 Å². The van der Waals surface area contributed by atoms with Gasteiger partial charge in [-0.2, -0.15) is 4.31 Å². The molecule has 3 heterocycles. The van der Waals surface area contributed by atoms with Crippen molar-refractivity contribution < 1.29 is 37.7 Å². The molecule has 1 saturated heterocycles. The molecular formula is C50H62N4O8S. The number of fused-ring (bicyclic) bond motifs is 3. The van der Waals surface area contributed by atoms with Crippen LogP contribution < -0.4 is 9.47 Å². The van der Waals surface area contributed by atoms with Crippen LogP contribution in [0.5, 0.6) is 11.5 Å². The number of aromatic nitrogens is 1. The molecule has 1 saturated carbocycles.